The first-order valence-corrected chi connectivity index (χ1v) is 7.33. The predicted octanol–water partition coefficient (Wildman–Crippen LogP) is 3.83. The topological polar surface area (TPSA) is 67.8 Å². The maximum atomic E-state index is 8.82. The van der Waals surface area contributed by atoms with Crippen molar-refractivity contribution in [1.29, 1.82) is 0 Å². The summed E-state index contributed by atoms with van der Waals surface area (Å²) in [6.07, 6.45) is 6.06. The molecule has 20 heavy (non-hydrogen) atoms. The molecule has 1 atom stereocenters. The van der Waals surface area contributed by atoms with E-state index in [-0.39, 0.29) is 11.9 Å². The van der Waals surface area contributed by atoms with Crippen LogP contribution in [-0.2, 0) is 0 Å². The normalized spacial score (nSPS) is 13.2. The highest BCUT2D eigenvalue weighted by molar-refractivity contribution is 5.99. The van der Waals surface area contributed by atoms with Crippen molar-refractivity contribution in [2.75, 3.05) is 0 Å². The van der Waals surface area contributed by atoms with Gasteiger partial charge in [0, 0.05) is 0 Å². The van der Waals surface area contributed by atoms with E-state index in [1.54, 1.807) is 0 Å². The van der Waals surface area contributed by atoms with E-state index in [1.165, 1.54) is 25.7 Å². The standard InChI is InChI=1S/C16H26N2O2/c1-4-5-6-7-8-13(3)20-15-11-12(2)9-10-14(15)16(17)18-19/h9-11,13,19H,4-8H2,1-3H3,(H2,17,18). The van der Waals surface area contributed by atoms with E-state index in [0.29, 0.717) is 11.3 Å². The maximum absolute atomic E-state index is 8.82. The Hall–Kier alpha value is -1.71. The van der Waals surface area contributed by atoms with Gasteiger partial charge >= 0.3 is 0 Å². The Balaban J connectivity index is 2.68. The second-order valence-electron chi connectivity index (χ2n) is 5.26. The quantitative estimate of drug-likeness (QED) is 0.250. The summed E-state index contributed by atoms with van der Waals surface area (Å²) in [4.78, 5) is 0. The molecule has 0 aliphatic heterocycles. The number of benzene rings is 1. The minimum Gasteiger partial charge on any atom is -0.490 e. The summed E-state index contributed by atoms with van der Waals surface area (Å²) in [6, 6.07) is 5.67. The lowest BCUT2D eigenvalue weighted by Crippen LogP contribution is -2.18. The van der Waals surface area contributed by atoms with E-state index >= 15 is 0 Å². The van der Waals surface area contributed by atoms with Crippen molar-refractivity contribution in [3.8, 4) is 5.75 Å². The molecular weight excluding hydrogens is 252 g/mol. The van der Waals surface area contributed by atoms with Gasteiger partial charge in [-0.15, -0.1) is 0 Å². The molecule has 0 aliphatic rings. The number of oxime groups is 1. The molecule has 1 aromatic carbocycles. The largest absolute Gasteiger partial charge is 0.490 e. The van der Waals surface area contributed by atoms with Gasteiger partial charge in [0.05, 0.1) is 11.7 Å². The molecule has 0 saturated heterocycles. The third kappa shape index (κ3) is 5.11. The zero-order chi connectivity index (χ0) is 15.0. The van der Waals surface area contributed by atoms with E-state index in [0.717, 1.165) is 12.0 Å². The number of nitrogens with zero attached hydrogens (tertiary/aromatic N) is 1. The zero-order valence-corrected chi connectivity index (χ0v) is 12.7. The fraction of sp³-hybridized carbons (Fsp3) is 0.562. The number of aryl methyl sites for hydroxylation is 1. The summed E-state index contributed by atoms with van der Waals surface area (Å²) in [5.74, 6) is 0.765. The van der Waals surface area contributed by atoms with Gasteiger partial charge in [-0.05, 0) is 44.4 Å². The molecule has 0 heterocycles. The Labute approximate surface area is 121 Å². The first kappa shape index (κ1) is 16.3. The number of ether oxygens (including phenoxy) is 1. The van der Waals surface area contributed by atoms with Crippen LogP contribution in [0.1, 0.15) is 57.1 Å². The third-order valence-corrected chi connectivity index (χ3v) is 3.31. The van der Waals surface area contributed by atoms with Crippen molar-refractivity contribution in [2.24, 2.45) is 10.9 Å². The van der Waals surface area contributed by atoms with Crippen LogP contribution in [0.5, 0.6) is 5.75 Å². The third-order valence-electron chi connectivity index (χ3n) is 3.31. The minimum atomic E-state index is 0.0817. The molecule has 1 rings (SSSR count). The Kier molecular flexibility index (Phi) is 6.91. The highest BCUT2D eigenvalue weighted by Crippen LogP contribution is 2.22. The molecule has 0 bridgehead atoms. The van der Waals surface area contributed by atoms with Crippen LogP contribution in [0.15, 0.2) is 23.4 Å². The monoisotopic (exact) mass is 278 g/mol. The Morgan fingerprint density at radius 3 is 2.75 bits per heavy atom. The van der Waals surface area contributed by atoms with E-state index in [1.807, 2.05) is 25.1 Å². The predicted molar refractivity (Wildman–Crippen MR) is 82.5 cm³/mol. The summed E-state index contributed by atoms with van der Waals surface area (Å²) in [6.45, 7) is 6.26. The van der Waals surface area contributed by atoms with Gasteiger partial charge < -0.3 is 15.7 Å². The molecule has 0 spiro atoms. The SMILES string of the molecule is CCCCCCC(C)Oc1cc(C)ccc1C(N)=NO. The van der Waals surface area contributed by atoms with E-state index < -0.39 is 0 Å². The first-order valence-electron chi connectivity index (χ1n) is 7.33. The van der Waals surface area contributed by atoms with Crippen LogP contribution < -0.4 is 10.5 Å². The van der Waals surface area contributed by atoms with Crippen molar-refractivity contribution >= 4 is 5.84 Å². The molecule has 0 amide bonds. The molecule has 0 fully saturated rings. The van der Waals surface area contributed by atoms with Crippen LogP contribution in [0.3, 0.4) is 0 Å². The molecule has 0 saturated carbocycles. The molecule has 112 valence electrons. The molecule has 0 aromatic heterocycles. The van der Waals surface area contributed by atoms with Crippen LogP contribution >= 0.6 is 0 Å². The van der Waals surface area contributed by atoms with Gasteiger partial charge in [-0.3, -0.25) is 0 Å². The van der Waals surface area contributed by atoms with E-state index in [4.69, 9.17) is 15.7 Å². The van der Waals surface area contributed by atoms with Gasteiger partial charge in [0.15, 0.2) is 5.84 Å². The van der Waals surface area contributed by atoms with Crippen LogP contribution in [0, 0.1) is 6.92 Å². The number of amidine groups is 1. The summed E-state index contributed by atoms with van der Waals surface area (Å²) in [5.41, 5.74) is 7.41. The molecule has 4 heteroatoms. The minimum absolute atomic E-state index is 0.0817. The van der Waals surface area contributed by atoms with Crippen LogP contribution in [-0.4, -0.2) is 17.1 Å². The van der Waals surface area contributed by atoms with E-state index in [9.17, 15) is 0 Å². The molecular formula is C16H26N2O2. The van der Waals surface area contributed by atoms with Gasteiger partial charge in [0.1, 0.15) is 5.75 Å². The van der Waals surface area contributed by atoms with Crippen LogP contribution in [0.4, 0.5) is 0 Å². The number of hydrogen-bond acceptors (Lipinski definition) is 3. The second kappa shape index (κ2) is 8.46. The molecule has 1 unspecified atom stereocenters. The lowest BCUT2D eigenvalue weighted by molar-refractivity contribution is 0.205. The van der Waals surface area contributed by atoms with Crippen molar-refractivity contribution in [3.63, 3.8) is 0 Å². The second-order valence-corrected chi connectivity index (χ2v) is 5.26. The van der Waals surface area contributed by atoms with Gasteiger partial charge in [-0.25, -0.2) is 0 Å². The molecule has 1 aromatic rings. The lowest BCUT2D eigenvalue weighted by Gasteiger charge is -2.17. The van der Waals surface area contributed by atoms with Gasteiger partial charge in [0.2, 0.25) is 0 Å². The Morgan fingerprint density at radius 2 is 2.10 bits per heavy atom. The zero-order valence-electron chi connectivity index (χ0n) is 12.7. The van der Waals surface area contributed by atoms with Crippen molar-refractivity contribution in [1.82, 2.24) is 0 Å². The number of rotatable bonds is 8. The fourth-order valence-electron chi connectivity index (χ4n) is 2.13. The highest BCUT2D eigenvalue weighted by atomic mass is 16.5. The van der Waals surface area contributed by atoms with Gasteiger partial charge in [0.25, 0.3) is 0 Å². The molecule has 0 aliphatic carbocycles. The van der Waals surface area contributed by atoms with Crippen LogP contribution in [0.2, 0.25) is 0 Å². The van der Waals surface area contributed by atoms with Crippen molar-refractivity contribution in [3.05, 3.63) is 29.3 Å². The lowest BCUT2D eigenvalue weighted by atomic mass is 10.1. The number of hydrogen-bond donors (Lipinski definition) is 2. The maximum Gasteiger partial charge on any atom is 0.173 e. The summed E-state index contributed by atoms with van der Waals surface area (Å²) >= 11 is 0. The Morgan fingerprint density at radius 1 is 1.35 bits per heavy atom. The van der Waals surface area contributed by atoms with Crippen LogP contribution in [0.25, 0.3) is 0 Å². The number of nitrogens with two attached hydrogens (primary N) is 1. The summed E-state index contributed by atoms with van der Waals surface area (Å²) in [5, 5.41) is 11.9. The van der Waals surface area contributed by atoms with Crippen molar-refractivity contribution < 1.29 is 9.94 Å². The molecule has 3 N–H and O–H groups in total. The summed E-state index contributed by atoms with van der Waals surface area (Å²) < 4.78 is 5.96. The van der Waals surface area contributed by atoms with Crippen molar-refractivity contribution in [2.45, 2.75) is 59.0 Å². The summed E-state index contributed by atoms with van der Waals surface area (Å²) in [7, 11) is 0. The highest BCUT2D eigenvalue weighted by Gasteiger charge is 2.12. The smallest absolute Gasteiger partial charge is 0.173 e. The molecule has 0 radical (unpaired) electrons. The molecule has 4 nitrogen and oxygen atoms in total. The average Bonchev–Trinajstić information content (AvgIpc) is 2.43. The van der Waals surface area contributed by atoms with Gasteiger partial charge in [-0.1, -0.05) is 37.4 Å². The fourth-order valence-corrected chi connectivity index (χ4v) is 2.13. The average molecular weight is 278 g/mol. The number of unbranched alkanes of at least 4 members (excludes halogenated alkanes) is 3. The Bertz CT molecular complexity index is 444. The van der Waals surface area contributed by atoms with Gasteiger partial charge in [-0.2, -0.15) is 0 Å². The first-order chi connectivity index (χ1) is 9.58. The van der Waals surface area contributed by atoms with E-state index in [2.05, 4.69) is 19.0 Å².